The summed E-state index contributed by atoms with van der Waals surface area (Å²) in [5, 5.41) is 1.61. The number of hydrogen-bond acceptors (Lipinski definition) is 8. The SMILES string of the molecule is CCCn1c(N)c(C(=O)CSc2ncnc3sc(C)c(C)c23)c(=O)[nH]c1=O. The van der Waals surface area contributed by atoms with Gasteiger partial charge in [0.05, 0.1) is 5.75 Å². The van der Waals surface area contributed by atoms with Gasteiger partial charge in [0.1, 0.15) is 27.6 Å². The van der Waals surface area contributed by atoms with Crippen LogP contribution in [0.25, 0.3) is 10.2 Å². The first-order valence-corrected chi connectivity index (χ1v) is 10.1. The van der Waals surface area contributed by atoms with Crippen molar-refractivity contribution < 1.29 is 4.79 Å². The number of anilines is 1. The number of thiophene rings is 1. The number of nitrogens with two attached hydrogens (primary N) is 1. The van der Waals surface area contributed by atoms with Crippen LogP contribution >= 0.6 is 23.1 Å². The lowest BCUT2D eigenvalue weighted by Gasteiger charge is -2.11. The molecule has 3 N–H and O–H groups in total. The Balaban J connectivity index is 1.93. The number of thioether (sulfide) groups is 1. The Labute approximate surface area is 162 Å². The molecule has 3 aromatic heterocycles. The van der Waals surface area contributed by atoms with Crippen molar-refractivity contribution in [3.63, 3.8) is 0 Å². The third kappa shape index (κ3) is 3.54. The normalized spacial score (nSPS) is 11.2. The van der Waals surface area contributed by atoms with Gasteiger partial charge in [0.2, 0.25) is 0 Å². The smallest absolute Gasteiger partial charge is 0.329 e. The molecule has 0 aliphatic carbocycles. The number of nitrogens with one attached hydrogen (secondary N) is 1. The van der Waals surface area contributed by atoms with Crippen molar-refractivity contribution in [2.24, 2.45) is 0 Å². The van der Waals surface area contributed by atoms with Gasteiger partial charge in [-0.05, 0) is 25.8 Å². The molecule has 0 amide bonds. The summed E-state index contributed by atoms with van der Waals surface area (Å²) in [7, 11) is 0. The Morgan fingerprint density at radius 3 is 2.78 bits per heavy atom. The standard InChI is InChI=1S/C17H19N5O3S2/c1-4-5-22-13(18)12(14(24)21-17(22)25)10(23)6-26-15-11-8(2)9(3)27-16(11)20-7-19-15/h7H,4-6,18H2,1-3H3,(H,21,24,25). The molecule has 0 aromatic carbocycles. The van der Waals surface area contributed by atoms with E-state index in [1.807, 2.05) is 20.8 Å². The monoisotopic (exact) mass is 405 g/mol. The maximum atomic E-state index is 12.7. The summed E-state index contributed by atoms with van der Waals surface area (Å²) >= 11 is 2.81. The average molecular weight is 406 g/mol. The molecule has 0 saturated heterocycles. The number of carbonyl (C=O) groups excluding carboxylic acids is 1. The van der Waals surface area contributed by atoms with Gasteiger partial charge in [-0.15, -0.1) is 11.3 Å². The first kappa shape index (κ1) is 19.3. The molecule has 0 saturated carbocycles. The average Bonchev–Trinajstić information content (AvgIpc) is 2.91. The van der Waals surface area contributed by atoms with Crippen LogP contribution in [0, 0.1) is 13.8 Å². The zero-order valence-corrected chi connectivity index (χ0v) is 16.8. The molecule has 0 spiro atoms. The summed E-state index contributed by atoms with van der Waals surface area (Å²) in [5.74, 6) is -0.551. The number of rotatable bonds is 6. The molecule has 142 valence electrons. The van der Waals surface area contributed by atoms with E-state index in [0.29, 0.717) is 18.0 Å². The maximum Gasteiger partial charge on any atom is 0.329 e. The van der Waals surface area contributed by atoms with E-state index in [0.717, 1.165) is 20.7 Å². The molecule has 10 heteroatoms. The van der Waals surface area contributed by atoms with Gasteiger partial charge in [-0.3, -0.25) is 19.1 Å². The summed E-state index contributed by atoms with van der Waals surface area (Å²) < 4.78 is 1.22. The predicted octanol–water partition coefficient (Wildman–Crippen LogP) is 2.13. The fraction of sp³-hybridized carbons (Fsp3) is 0.353. The number of aryl methyl sites for hydroxylation is 2. The zero-order chi connectivity index (χ0) is 19.7. The highest BCUT2D eigenvalue weighted by Crippen LogP contribution is 2.34. The number of ketones is 1. The van der Waals surface area contributed by atoms with E-state index in [1.54, 1.807) is 11.3 Å². The minimum Gasteiger partial charge on any atom is -0.384 e. The van der Waals surface area contributed by atoms with E-state index < -0.39 is 17.0 Å². The van der Waals surface area contributed by atoms with Crippen LogP contribution in [-0.4, -0.2) is 31.1 Å². The van der Waals surface area contributed by atoms with Crippen molar-refractivity contribution in [2.75, 3.05) is 11.5 Å². The lowest BCUT2D eigenvalue weighted by Crippen LogP contribution is -2.36. The van der Waals surface area contributed by atoms with Crippen LogP contribution in [0.2, 0.25) is 0 Å². The van der Waals surface area contributed by atoms with Gasteiger partial charge in [-0.2, -0.15) is 0 Å². The van der Waals surface area contributed by atoms with Crippen LogP contribution < -0.4 is 17.0 Å². The van der Waals surface area contributed by atoms with Gasteiger partial charge < -0.3 is 5.73 Å². The van der Waals surface area contributed by atoms with Crippen molar-refractivity contribution in [1.29, 1.82) is 0 Å². The number of nitrogen functional groups attached to an aromatic ring is 1. The molecule has 0 atom stereocenters. The molecule has 0 radical (unpaired) electrons. The highest BCUT2D eigenvalue weighted by molar-refractivity contribution is 8.00. The first-order valence-electron chi connectivity index (χ1n) is 8.34. The summed E-state index contributed by atoms with van der Waals surface area (Å²) in [6.45, 7) is 6.21. The van der Waals surface area contributed by atoms with Crippen molar-refractivity contribution >= 4 is 44.9 Å². The quantitative estimate of drug-likeness (QED) is 0.366. The minimum absolute atomic E-state index is 0.0158. The van der Waals surface area contributed by atoms with Gasteiger partial charge in [0.25, 0.3) is 5.56 Å². The topological polar surface area (TPSA) is 124 Å². The van der Waals surface area contributed by atoms with Crippen molar-refractivity contribution in [1.82, 2.24) is 19.5 Å². The Morgan fingerprint density at radius 1 is 1.33 bits per heavy atom. The minimum atomic E-state index is -0.758. The largest absolute Gasteiger partial charge is 0.384 e. The first-order chi connectivity index (χ1) is 12.8. The second kappa shape index (κ2) is 7.65. The van der Waals surface area contributed by atoms with Crippen LogP contribution in [-0.2, 0) is 6.54 Å². The third-order valence-corrected chi connectivity index (χ3v) is 6.34. The fourth-order valence-corrected chi connectivity index (χ4v) is 4.76. The van der Waals surface area contributed by atoms with Gasteiger partial charge in [-0.1, -0.05) is 18.7 Å². The molecule has 0 unspecified atom stereocenters. The van der Waals surface area contributed by atoms with E-state index >= 15 is 0 Å². The number of nitrogens with zero attached hydrogens (tertiary/aromatic N) is 3. The lowest BCUT2D eigenvalue weighted by atomic mass is 10.2. The van der Waals surface area contributed by atoms with E-state index in [4.69, 9.17) is 5.73 Å². The Bertz CT molecular complexity index is 1150. The molecule has 0 aliphatic rings. The summed E-state index contributed by atoms with van der Waals surface area (Å²) in [5.41, 5.74) is 5.48. The van der Waals surface area contributed by atoms with E-state index in [9.17, 15) is 14.4 Å². The summed E-state index contributed by atoms with van der Waals surface area (Å²) in [6.07, 6.45) is 2.11. The van der Waals surface area contributed by atoms with Crippen LogP contribution in [0.4, 0.5) is 5.82 Å². The molecular formula is C17H19N5O3S2. The van der Waals surface area contributed by atoms with Crippen LogP contribution in [0.5, 0.6) is 0 Å². The summed E-state index contributed by atoms with van der Waals surface area (Å²) in [6, 6.07) is 0. The maximum absolute atomic E-state index is 12.7. The van der Waals surface area contributed by atoms with E-state index in [2.05, 4.69) is 15.0 Å². The van der Waals surface area contributed by atoms with Crippen molar-refractivity contribution in [3.8, 4) is 0 Å². The molecule has 0 aliphatic heterocycles. The van der Waals surface area contributed by atoms with E-state index in [1.165, 1.54) is 22.7 Å². The van der Waals surface area contributed by atoms with Gasteiger partial charge in [0, 0.05) is 16.8 Å². The Hall–Kier alpha value is -2.46. The number of fused-ring (bicyclic) bond motifs is 1. The van der Waals surface area contributed by atoms with Crippen LogP contribution in [0.3, 0.4) is 0 Å². The zero-order valence-electron chi connectivity index (χ0n) is 15.2. The number of H-pyrrole nitrogens is 1. The number of carbonyl (C=O) groups is 1. The number of aromatic amines is 1. The molecular weight excluding hydrogens is 386 g/mol. The number of hydrogen-bond donors (Lipinski definition) is 2. The van der Waals surface area contributed by atoms with Gasteiger partial charge >= 0.3 is 5.69 Å². The summed E-state index contributed by atoms with van der Waals surface area (Å²) in [4.78, 5) is 49.4. The predicted molar refractivity (Wildman–Crippen MR) is 108 cm³/mol. The highest BCUT2D eigenvalue weighted by atomic mass is 32.2. The third-order valence-electron chi connectivity index (χ3n) is 4.24. The molecule has 0 fully saturated rings. The second-order valence-corrected chi connectivity index (χ2v) is 8.19. The molecule has 3 rings (SSSR count). The van der Waals surface area contributed by atoms with Crippen molar-refractivity contribution in [2.45, 2.75) is 38.8 Å². The molecule has 0 bridgehead atoms. The van der Waals surface area contributed by atoms with Gasteiger partial charge in [0.15, 0.2) is 5.78 Å². The Kier molecular flexibility index (Phi) is 5.47. The number of Topliss-reactive ketones (excluding diaryl/α,β-unsaturated/α-hetero) is 1. The van der Waals surface area contributed by atoms with Crippen LogP contribution in [0.15, 0.2) is 20.9 Å². The molecule has 8 nitrogen and oxygen atoms in total. The molecule has 27 heavy (non-hydrogen) atoms. The molecule has 3 heterocycles. The van der Waals surface area contributed by atoms with Crippen LogP contribution in [0.1, 0.15) is 34.1 Å². The van der Waals surface area contributed by atoms with Gasteiger partial charge in [-0.25, -0.2) is 14.8 Å². The second-order valence-electron chi connectivity index (χ2n) is 6.03. The fourth-order valence-electron chi connectivity index (χ4n) is 2.77. The lowest BCUT2D eigenvalue weighted by molar-refractivity contribution is 0.102. The Morgan fingerprint density at radius 2 is 2.07 bits per heavy atom. The highest BCUT2D eigenvalue weighted by Gasteiger charge is 2.20. The number of aromatic nitrogens is 4. The van der Waals surface area contributed by atoms with Crippen molar-refractivity contribution in [3.05, 3.63) is 43.2 Å². The van der Waals surface area contributed by atoms with E-state index in [-0.39, 0.29) is 17.1 Å². The molecule has 3 aromatic rings.